The van der Waals surface area contributed by atoms with Crippen LogP contribution in [0.15, 0.2) is 35.1 Å². The van der Waals surface area contributed by atoms with Gasteiger partial charge in [0.25, 0.3) is 5.56 Å². The van der Waals surface area contributed by atoms with Crippen LogP contribution in [0.2, 0.25) is 5.02 Å². The molecular weight excluding hydrogens is 425 g/mol. The molecule has 0 bridgehead atoms. The van der Waals surface area contributed by atoms with Crippen LogP contribution in [0.25, 0.3) is 10.9 Å². The number of alkyl halides is 3. The number of hydrogen-bond donors (Lipinski definition) is 1. The van der Waals surface area contributed by atoms with Crippen molar-refractivity contribution in [3.8, 4) is 5.75 Å². The van der Waals surface area contributed by atoms with Crippen molar-refractivity contribution in [2.24, 2.45) is 7.05 Å². The van der Waals surface area contributed by atoms with Gasteiger partial charge in [-0.1, -0.05) is 36.7 Å². The lowest BCUT2D eigenvalue weighted by Crippen LogP contribution is -2.25. The van der Waals surface area contributed by atoms with E-state index in [-0.39, 0.29) is 17.4 Å². The molecular formula is C20H18ClF3N2O4. The Kier molecular flexibility index (Phi) is 5.85. The minimum absolute atomic E-state index is 0.0770. The molecule has 3 rings (SSSR count). The fourth-order valence-electron chi connectivity index (χ4n) is 3.35. The molecule has 0 radical (unpaired) electrons. The van der Waals surface area contributed by atoms with Crippen LogP contribution in [0.4, 0.5) is 13.2 Å². The maximum Gasteiger partial charge on any atom is 0.422 e. The molecule has 2 aromatic heterocycles. The van der Waals surface area contributed by atoms with Crippen molar-refractivity contribution in [1.82, 2.24) is 9.13 Å². The van der Waals surface area contributed by atoms with Gasteiger partial charge in [-0.05, 0) is 24.1 Å². The third-order valence-corrected chi connectivity index (χ3v) is 5.10. The molecule has 6 nitrogen and oxygen atoms in total. The van der Waals surface area contributed by atoms with Crippen LogP contribution in [-0.2, 0) is 20.0 Å². The van der Waals surface area contributed by atoms with Gasteiger partial charge in [-0.3, -0.25) is 4.79 Å². The van der Waals surface area contributed by atoms with Crippen LogP contribution < -0.4 is 10.3 Å². The number of carboxylic acids is 1. The number of benzene rings is 1. The summed E-state index contributed by atoms with van der Waals surface area (Å²) in [6.45, 7) is 0.172. The first-order valence-electron chi connectivity index (χ1n) is 8.96. The minimum atomic E-state index is -4.70. The third kappa shape index (κ3) is 4.02. The predicted octanol–water partition coefficient (Wildman–Crippen LogP) is 4.24. The summed E-state index contributed by atoms with van der Waals surface area (Å²) in [4.78, 5) is 25.0. The molecule has 1 N–H and O–H groups in total. The Morgan fingerprint density at radius 1 is 1.27 bits per heavy atom. The second kappa shape index (κ2) is 8.06. The molecule has 0 amide bonds. The number of ether oxygens (including phenoxy) is 1. The Balaban J connectivity index is 2.29. The zero-order valence-corrected chi connectivity index (χ0v) is 16.8. The summed E-state index contributed by atoms with van der Waals surface area (Å²) in [6.07, 6.45) is -4.26. The summed E-state index contributed by atoms with van der Waals surface area (Å²) < 4.78 is 45.5. The fraction of sp³-hybridized carbons (Fsp3) is 0.300. The smallest absolute Gasteiger partial charge is 0.422 e. The third-order valence-electron chi connectivity index (χ3n) is 4.74. The zero-order chi connectivity index (χ0) is 22.2. The Morgan fingerprint density at radius 2 is 1.93 bits per heavy atom. The highest BCUT2D eigenvalue weighted by Gasteiger charge is 2.32. The van der Waals surface area contributed by atoms with Crippen molar-refractivity contribution in [2.45, 2.75) is 26.1 Å². The van der Waals surface area contributed by atoms with Gasteiger partial charge < -0.3 is 19.0 Å². The Morgan fingerprint density at radius 3 is 2.50 bits per heavy atom. The molecule has 0 saturated heterocycles. The molecule has 0 aliphatic rings. The molecule has 0 spiro atoms. The number of carbonyl (C=O) groups is 1. The average molecular weight is 443 g/mol. The minimum Gasteiger partial charge on any atom is -0.481 e. The molecule has 3 aromatic rings. The molecule has 160 valence electrons. The van der Waals surface area contributed by atoms with E-state index in [0.29, 0.717) is 22.7 Å². The maximum absolute atomic E-state index is 13.3. The molecule has 2 heterocycles. The number of aromatic nitrogens is 2. The summed E-state index contributed by atoms with van der Waals surface area (Å²) in [5, 5.41) is 9.74. The molecule has 30 heavy (non-hydrogen) atoms. The lowest BCUT2D eigenvalue weighted by Gasteiger charge is -2.14. The van der Waals surface area contributed by atoms with Crippen LogP contribution in [0.5, 0.6) is 5.75 Å². The first kappa shape index (κ1) is 21.8. The van der Waals surface area contributed by atoms with Gasteiger partial charge >= 0.3 is 12.1 Å². The lowest BCUT2D eigenvalue weighted by molar-refractivity contribution is -0.153. The van der Waals surface area contributed by atoms with Gasteiger partial charge in [0.1, 0.15) is 5.39 Å². The Hall–Kier alpha value is -2.94. The number of nitrogens with zero attached hydrogens (tertiary/aromatic N) is 2. The number of fused-ring (bicyclic) bond motifs is 1. The van der Waals surface area contributed by atoms with Crippen LogP contribution in [0, 0.1) is 0 Å². The summed E-state index contributed by atoms with van der Waals surface area (Å²) in [7, 11) is 1.36. The second-order valence-electron chi connectivity index (χ2n) is 6.68. The van der Waals surface area contributed by atoms with Crippen molar-refractivity contribution >= 4 is 28.5 Å². The van der Waals surface area contributed by atoms with E-state index < -0.39 is 35.8 Å². The Labute approximate surface area is 174 Å². The number of rotatable bonds is 6. The van der Waals surface area contributed by atoms with Crippen LogP contribution in [0.3, 0.4) is 0 Å². The standard InChI is InChI=1S/C20H18ClF3N2O4/c1-3-12-8-14-15(18(27)26(12)9-11-6-4-5-7-13(11)21)17(30-10-20(22,23)24)16(19(28)29)25(14)2/h4-8H,3,9-10H2,1-2H3,(H,28,29). The normalized spacial score (nSPS) is 11.8. The average Bonchev–Trinajstić information content (AvgIpc) is 2.95. The second-order valence-corrected chi connectivity index (χ2v) is 7.09. The molecule has 10 heteroatoms. The maximum atomic E-state index is 13.3. The van der Waals surface area contributed by atoms with Gasteiger partial charge in [0.15, 0.2) is 18.1 Å². The zero-order valence-electron chi connectivity index (χ0n) is 16.1. The highest BCUT2D eigenvalue weighted by molar-refractivity contribution is 6.31. The van der Waals surface area contributed by atoms with E-state index >= 15 is 0 Å². The van der Waals surface area contributed by atoms with Crippen molar-refractivity contribution in [2.75, 3.05) is 6.61 Å². The lowest BCUT2D eigenvalue weighted by atomic mass is 10.1. The van der Waals surface area contributed by atoms with Gasteiger partial charge in [-0.15, -0.1) is 0 Å². The summed E-state index contributed by atoms with van der Waals surface area (Å²) in [5.74, 6) is -2.10. The van der Waals surface area contributed by atoms with Gasteiger partial charge in [0, 0.05) is 17.8 Å². The van der Waals surface area contributed by atoms with Crippen molar-refractivity contribution in [3.63, 3.8) is 0 Å². The van der Waals surface area contributed by atoms with E-state index in [0.717, 1.165) is 4.57 Å². The SMILES string of the molecule is CCc1cc2c(c(OCC(F)(F)F)c(C(=O)O)n2C)c(=O)n1Cc1ccccc1Cl. The van der Waals surface area contributed by atoms with Gasteiger partial charge in [-0.2, -0.15) is 13.2 Å². The first-order chi connectivity index (χ1) is 14.0. The van der Waals surface area contributed by atoms with Crippen molar-refractivity contribution in [3.05, 3.63) is 62.7 Å². The molecule has 1 aromatic carbocycles. The monoisotopic (exact) mass is 442 g/mol. The number of pyridine rings is 1. The number of carboxylic acid groups (broad SMARTS) is 1. The first-order valence-corrected chi connectivity index (χ1v) is 9.34. The predicted molar refractivity (Wildman–Crippen MR) is 106 cm³/mol. The Bertz CT molecular complexity index is 1180. The molecule has 0 saturated carbocycles. The molecule has 0 aliphatic carbocycles. The van der Waals surface area contributed by atoms with Crippen molar-refractivity contribution < 1.29 is 27.8 Å². The summed E-state index contributed by atoms with van der Waals surface area (Å²) in [6, 6.07) is 8.46. The fourth-order valence-corrected chi connectivity index (χ4v) is 3.55. The van der Waals surface area contributed by atoms with E-state index in [1.165, 1.54) is 11.6 Å². The topological polar surface area (TPSA) is 73.5 Å². The van der Waals surface area contributed by atoms with Gasteiger partial charge in [0.2, 0.25) is 0 Å². The van der Waals surface area contributed by atoms with E-state index in [9.17, 15) is 27.9 Å². The quantitative estimate of drug-likeness (QED) is 0.619. The van der Waals surface area contributed by atoms with Crippen LogP contribution in [-0.4, -0.2) is 33.0 Å². The van der Waals surface area contributed by atoms with E-state index in [1.807, 2.05) is 6.92 Å². The largest absolute Gasteiger partial charge is 0.481 e. The highest BCUT2D eigenvalue weighted by atomic mass is 35.5. The number of aromatic carboxylic acids is 1. The number of aryl methyl sites for hydroxylation is 2. The van der Waals surface area contributed by atoms with E-state index in [2.05, 4.69) is 0 Å². The molecule has 0 atom stereocenters. The van der Waals surface area contributed by atoms with Crippen molar-refractivity contribution in [1.29, 1.82) is 0 Å². The highest BCUT2D eigenvalue weighted by Crippen LogP contribution is 2.33. The van der Waals surface area contributed by atoms with E-state index in [4.69, 9.17) is 16.3 Å². The van der Waals surface area contributed by atoms with Gasteiger partial charge in [-0.25, -0.2) is 4.79 Å². The molecule has 0 unspecified atom stereocenters. The number of hydrogen-bond acceptors (Lipinski definition) is 3. The molecule has 0 fully saturated rings. The van der Waals surface area contributed by atoms with E-state index in [1.54, 1.807) is 30.3 Å². The number of halogens is 4. The van der Waals surface area contributed by atoms with Crippen LogP contribution in [0.1, 0.15) is 28.7 Å². The molecule has 0 aliphatic heterocycles. The summed E-state index contributed by atoms with van der Waals surface area (Å²) >= 11 is 6.20. The van der Waals surface area contributed by atoms with Gasteiger partial charge in [0.05, 0.1) is 12.1 Å². The summed E-state index contributed by atoms with van der Waals surface area (Å²) in [5.41, 5.74) is 0.227. The van der Waals surface area contributed by atoms with Crippen LogP contribution >= 0.6 is 11.6 Å².